The summed E-state index contributed by atoms with van der Waals surface area (Å²) in [5.41, 5.74) is -0.425. The van der Waals surface area contributed by atoms with Crippen LogP contribution in [-0.2, 0) is 16.2 Å². The van der Waals surface area contributed by atoms with Crippen LogP contribution in [0.15, 0.2) is 29.8 Å². The summed E-state index contributed by atoms with van der Waals surface area (Å²) in [6.07, 6.45) is -2.08. The molecule has 4 atom stereocenters. The van der Waals surface area contributed by atoms with Crippen molar-refractivity contribution >= 4 is 32.5 Å². The molecule has 2 aromatic rings. The van der Waals surface area contributed by atoms with Crippen LogP contribution in [0.3, 0.4) is 0 Å². The summed E-state index contributed by atoms with van der Waals surface area (Å²) in [6, 6.07) is 1.58. The van der Waals surface area contributed by atoms with Crippen LogP contribution in [0.25, 0.3) is 0 Å². The molecule has 3 N–H and O–H groups in total. The van der Waals surface area contributed by atoms with Crippen LogP contribution in [0.2, 0.25) is 0 Å². The van der Waals surface area contributed by atoms with Gasteiger partial charge < -0.3 is 15.4 Å². The van der Waals surface area contributed by atoms with E-state index in [0.717, 1.165) is 12.1 Å². The molecule has 1 saturated carbocycles. The second-order valence-electron chi connectivity index (χ2n) is 7.74. The number of amides is 2. The van der Waals surface area contributed by atoms with Gasteiger partial charge in [-0.15, -0.1) is 11.3 Å². The van der Waals surface area contributed by atoms with Crippen LogP contribution >= 0.6 is 11.3 Å². The summed E-state index contributed by atoms with van der Waals surface area (Å²) in [4.78, 5) is 16.3. The molecule has 2 fully saturated rings. The normalized spacial score (nSPS) is 25.9. The number of alkyl halides is 3. The summed E-state index contributed by atoms with van der Waals surface area (Å²) in [5.74, 6) is -0.199. The van der Waals surface area contributed by atoms with E-state index in [4.69, 9.17) is 4.74 Å². The first-order valence-corrected chi connectivity index (χ1v) is 12.2. The molecule has 2 amide bonds. The fraction of sp³-hybridized carbons (Fsp3) is 0.474. The molecule has 8 nitrogen and oxygen atoms in total. The van der Waals surface area contributed by atoms with Gasteiger partial charge in [-0.25, -0.2) is 18.2 Å². The zero-order valence-corrected chi connectivity index (χ0v) is 18.5. The Morgan fingerprint density at radius 2 is 2.03 bits per heavy atom. The summed E-state index contributed by atoms with van der Waals surface area (Å²) < 4.78 is 72.6. The summed E-state index contributed by atoms with van der Waals surface area (Å²) in [5, 5.41) is 6.74. The zero-order chi connectivity index (χ0) is 23.1. The number of carbonyl (C=O) groups excluding carboxylic acids is 1. The average molecular weight is 491 g/mol. The number of thiazole rings is 1. The minimum absolute atomic E-state index is 0.0194. The quantitative estimate of drug-likeness (QED) is 0.594. The van der Waals surface area contributed by atoms with Crippen molar-refractivity contribution in [3.8, 4) is 5.75 Å². The molecule has 13 heteroatoms. The van der Waals surface area contributed by atoms with Crippen LogP contribution in [0.1, 0.15) is 36.4 Å². The van der Waals surface area contributed by atoms with Gasteiger partial charge in [-0.2, -0.15) is 13.2 Å². The molecule has 1 aromatic heterocycles. The second kappa shape index (κ2) is 8.43. The van der Waals surface area contributed by atoms with Gasteiger partial charge >= 0.3 is 12.2 Å². The number of nitrogens with zero attached hydrogens (tertiary/aromatic N) is 1. The maximum Gasteiger partial charge on any atom is 0.416 e. The van der Waals surface area contributed by atoms with Gasteiger partial charge in [0.25, 0.3) is 0 Å². The predicted octanol–water partition coefficient (Wildman–Crippen LogP) is 3.50. The number of carbonyl (C=O) groups is 1. The third kappa shape index (κ3) is 4.49. The van der Waals surface area contributed by atoms with E-state index in [1.807, 2.05) is 0 Å². The van der Waals surface area contributed by atoms with E-state index < -0.39 is 45.1 Å². The maximum absolute atomic E-state index is 13.1. The smallest absolute Gasteiger partial charge is 0.416 e. The molecular weight excluding hydrogens is 469 g/mol. The predicted molar refractivity (Wildman–Crippen MR) is 112 cm³/mol. The Bertz CT molecular complexity index is 1090. The topological polar surface area (TPSA) is 109 Å². The Balaban J connectivity index is 1.57. The highest BCUT2D eigenvalue weighted by atomic mass is 32.2. The van der Waals surface area contributed by atoms with Crippen molar-refractivity contribution in [1.82, 2.24) is 15.6 Å². The van der Waals surface area contributed by atoms with Crippen LogP contribution in [-0.4, -0.2) is 37.8 Å². The number of hydrogen-bond acceptors (Lipinski definition) is 6. The molecule has 32 heavy (non-hydrogen) atoms. The van der Waals surface area contributed by atoms with Crippen LogP contribution < -0.4 is 20.1 Å². The molecule has 4 unspecified atom stereocenters. The van der Waals surface area contributed by atoms with Crippen molar-refractivity contribution < 1.29 is 31.1 Å². The third-order valence-electron chi connectivity index (χ3n) is 5.88. The van der Waals surface area contributed by atoms with Gasteiger partial charge in [0.1, 0.15) is 5.75 Å². The molecule has 0 spiro atoms. The number of benzene rings is 1. The van der Waals surface area contributed by atoms with Crippen molar-refractivity contribution in [3.63, 3.8) is 0 Å². The second-order valence-corrected chi connectivity index (χ2v) is 10.6. The fourth-order valence-electron chi connectivity index (χ4n) is 4.39. The fourth-order valence-corrected chi connectivity index (χ4v) is 6.68. The summed E-state index contributed by atoms with van der Waals surface area (Å²) in [6.45, 7) is 0. The van der Waals surface area contributed by atoms with Crippen LogP contribution in [0.4, 0.5) is 23.1 Å². The number of urea groups is 1. The molecule has 0 radical (unpaired) electrons. The molecule has 1 aliphatic heterocycles. The Morgan fingerprint density at radius 3 is 2.69 bits per heavy atom. The lowest BCUT2D eigenvalue weighted by Crippen LogP contribution is -2.59. The van der Waals surface area contributed by atoms with Gasteiger partial charge in [0, 0.05) is 29.1 Å². The van der Waals surface area contributed by atoms with E-state index >= 15 is 0 Å². The summed E-state index contributed by atoms with van der Waals surface area (Å²) in [7, 11) is -2.44. The Labute approximate surface area is 186 Å². The van der Waals surface area contributed by atoms with Crippen molar-refractivity contribution in [2.45, 2.75) is 42.8 Å². The monoisotopic (exact) mass is 490 g/mol. The van der Waals surface area contributed by atoms with Gasteiger partial charge in [-0.05, 0) is 31.4 Å². The maximum atomic E-state index is 13.1. The Hall–Kier alpha value is -2.54. The highest BCUT2D eigenvalue weighted by Crippen LogP contribution is 2.43. The van der Waals surface area contributed by atoms with Crippen molar-refractivity contribution in [3.05, 3.63) is 40.9 Å². The van der Waals surface area contributed by atoms with Crippen LogP contribution in [0, 0.1) is 5.92 Å². The molecule has 4 rings (SSSR count). The van der Waals surface area contributed by atoms with Gasteiger partial charge in [0.2, 0.25) is 10.0 Å². The number of methoxy groups -OCH3 is 1. The largest absolute Gasteiger partial charge is 0.496 e. The molecule has 1 aromatic carbocycles. The minimum Gasteiger partial charge on any atom is -0.496 e. The van der Waals surface area contributed by atoms with Gasteiger partial charge in [-0.3, -0.25) is 4.72 Å². The van der Waals surface area contributed by atoms with Gasteiger partial charge in [0.05, 0.1) is 24.0 Å². The Morgan fingerprint density at radius 1 is 1.25 bits per heavy atom. The summed E-state index contributed by atoms with van der Waals surface area (Å²) >= 11 is 1.17. The first-order valence-electron chi connectivity index (χ1n) is 9.82. The van der Waals surface area contributed by atoms with Gasteiger partial charge in [0.15, 0.2) is 5.13 Å². The lowest BCUT2D eigenvalue weighted by molar-refractivity contribution is -0.137. The number of fused-ring (bicyclic) bond motifs is 1. The SMILES string of the molecule is COc1cc(C(F)(F)F)ccc1C1NC(=O)NC2CC(S(=O)(=O)Nc3nccs3)CCC21. The number of anilines is 1. The van der Waals surface area contributed by atoms with E-state index in [-0.39, 0.29) is 23.2 Å². The van der Waals surface area contributed by atoms with Crippen LogP contribution in [0.5, 0.6) is 5.75 Å². The molecule has 0 bridgehead atoms. The molecule has 2 heterocycles. The molecule has 2 aliphatic rings. The number of ether oxygens (including phenoxy) is 1. The zero-order valence-electron chi connectivity index (χ0n) is 16.8. The number of sulfonamides is 1. The van der Waals surface area contributed by atoms with Crippen molar-refractivity contribution in [1.29, 1.82) is 0 Å². The molecule has 174 valence electrons. The lowest BCUT2D eigenvalue weighted by Gasteiger charge is -2.44. The molecular formula is C19H21F3N4O4S2. The minimum atomic E-state index is -4.53. The first-order chi connectivity index (χ1) is 15.1. The van der Waals surface area contributed by atoms with Crippen molar-refractivity contribution in [2.24, 2.45) is 5.92 Å². The number of rotatable bonds is 5. The van der Waals surface area contributed by atoms with E-state index in [9.17, 15) is 26.4 Å². The highest BCUT2D eigenvalue weighted by Gasteiger charge is 2.45. The van der Waals surface area contributed by atoms with E-state index in [0.29, 0.717) is 18.4 Å². The number of halogens is 3. The number of aromatic nitrogens is 1. The highest BCUT2D eigenvalue weighted by molar-refractivity contribution is 7.93. The average Bonchev–Trinajstić information content (AvgIpc) is 3.23. The van der Waals surface area contributed by atoms with E-state index in [1.165, 1.54) is 30.7 Å². The van der Waals surface area contributed by atoms with E-state index in [1.54, 1.807) is 5.38 Å². The lowest BCUT2D eigenvalue weighted by atomic mass is 9.76. The standard InChI is InChI=1S/C19H21F3N4O4S2/c1-30-15-8-10(19(20,21)22)2-4-13(15)16-12-5-3-11(9-14(12)24-17(27)25-16)32(28,29)26-18-23-6-7-31-18/h2,4,6-8,11-12,14,16H,3,5,9H2,1H3,(H,23,26)(H2,24,25,27). The molecule has 1 aliphatic carbocycles. The Kier molecular flexibility index (Phi) is 5.96. The molecule has 1 saturated heterocycles. The first kappa shape index (κ1) is 22.6. The third-order valence-corrected chi connectivity index (χ3v) is 8.48. The van der Waals surface area contributed by atoms with Gasteiger partial charge in [-0.1, -0.05) is 6.07 Å². The van der Waals surface area contributed by atoms with Crippen molar-refractivity contribution in [2.75, 3.05) is 11.8 Å². The number of nitrogens with one attached hydrogen (secondary N) is 3. The number of hydrogen-bond donors (Lipinski definition) is 3. The van der Waals surface area contributed by atoms with E-state index in [2.05, 4.69) is 20.3 Å².